The van der Waals surface area contributed by atoms with Crippen molar-refractivity contribution in [1.29, 1.82) is 0 Å². The third-order valence-corrected chi connectivity index (χ3v) is 2.96. The molecule has 2 aromatic rings. The Balaban J connectivity index is 2.59. The molecule has 7 heteroatoms. The summed E-state index contributed by atoms with van der Waals surface area (Å²) < 4.78 is 78.8. The van der Waals surface area contributed by atoms with E-state index in [1.165, 1.54) is 6.07 Å². The number of nitrogens with two attached hydrogens (primary N) is 1. The number of halogens is 6. The molecule has 0 aromatic heterocycles. The van der Waals surface area contributed by atoms with Gasteiger partial charge in [0.05, 0.1) is 11.6 Å². The molecule has 2 aromatic carbocycles. The minimum absolute atomic E-state index is 0.370. The number of benzene rings is 2. The number of hydrogen-bond donors (Lipinski definition) is 1. The largest absolute Gasteiger partial charge is 0.416 e. The van der Waals surface area contributed by atoms with E-state index >= 15 is 0 Å². The third-order valence-electron chi connectivity index (χ3n) is 2.96. The lowest BCUT2D eigenvalue weighted by molar-refractivity contribution is -0.138. The second-order valence-corrected chi connectivity index (χ2v) is 4.35. The van der Waals surface area contributed by atoms with Gasteiger partial charge in [0, 0.05) is 17.7 Å². The minimum atomic E-state index is -4.72. The summed E-state index contributed by atoms with van der Waals surface area (Å²) >= 11 is 0. The fraction of sp³-hybridized carbons (Fsp3) is 0.143. The molecule has 1 unspecified atom stereocenters. The van der Waals surface area contributed by atoms with Crippen LogP contribution in [-0.2, 0) is 6.18 Å². The Morgan fingerprint density at radius 1 is 0.905 bits per heavy atom. The van der Waals surface area contributed by atoms with E-state index in [9.17, 15) is 26.3 Å². The lowest BCUT2D eigenvalue weighted by Gasteiger charge is -2.19. The summed E-state index contributed by atoms with van der Waals surface area (Å²) in [5.74, 6) is -3.85. The summed E-state index contributed by atoms with van der Waals surface area (Å²) in [5.41, 5.74) is 3.16. The second kappa shape index (κ2) is 5.40. The number of rotatable bonds is 2. The van der Waals surface area contributed by atoms with Gasteiger partial charge in [-0.15, -0.1) is 0 Å². The van der Waals surface area contributed by atoms with Crippen LogP contribution in [0.15, 0.2) is 36.4 Å². The van der Waals surface area contributed by atoms with Gasteiger partial charge in [-0.2, -0.15) is 13.2 Å². The summed E-state index contributed by atoms with van der Waals surface area (Å²) in [5, 5.41) is 0. The van der Waals surface area contributed by atoms with Gasteiger partial charge >= 0.3 is 6.18 Å². The molecule has 0 amide bonds. The zero-order chi connectivity index (χ0) is 15.8. The Labute approximate surface area is 116 Å². The van der Waals surface area contributed by atoms with Crippen molar-refractivity contribution in [2.45, 2.75) is 12.2 Å². The highest BCUT2D eigenvalue weighted by Gasteiger charge is 2.35. The van der Waals surface area contributed by atoms with Crippen molar-refractivity contribution in [3.05, 3.63) is 70.5 Å². The van der Waals surface area contributed by atoms with E-state index in [-0.39, 0.29) is 0 Å². The van der Waals surface area contributed by atoms with E-state index in [4.69, 9.17) is 5.73 Å². The summed E-state index contributed by atoms with van der Waals surface area (Å²) in [6.07, 6.45) is -4.72. The first kappa shape index (κ1) is 15.4. The van der Waals surface area contributed by atoms with E-state index in [1.54, 1.807) is 0 Å². The maximum atomic E-state index is 13.6. The first-order chi connectivity index (χ1) is 9.71. The van der Waals surface area contributed by atoms with Crippen molar-refractivity contribution in [3.63, 3.8) is 0 Å². The monoisotopic (exact) mass is 305 g/mol. The smallest absolute Gasteiger partial charge is 0.320 e. The van der Waals surface area contributed by atoms with Crippen molar-refractivity contribution in [2.75, 3.05) is 0 Å². The Morgan fingerprint density at radius 3 is 1.95 bits per heavy atom. The van der Waals surface area contributed by atoms with E-state index in [2.05, 4.69) is 0 Å². The molecule has 0 saturated heterocycles. The predicted molar refractivity (Wildman–Crippen MR) is 63.8 cm³/mol. The first-order valence-electron chi connectivity index (χ1n) is 5.78. The maximum absolute atomic E-state index is 13.6. The van der Waals surface area contributed by atoms with Gasteiger partial charge in [-0.3, -0.25) is 0 Å². The van der Waals surface area contributed by atoms with Crippen molar-refractivity contribution >= 4 is 0 Å². The highest BCUT2D eigenvalue weighted by Crippen LogP contribution is 2.36. The third kappa shape index (κ3) is 3.02. The van der Waals surface area contributed by atoms with Crippen LogP contribution in [0.3, 0.4) is 0 Å². The van der Waals surface area contributed by atoms with Crippen LogP contribution in [0.2, 0.25) is 0 Å². The lowest BCUT2D eigenvalue weighted by atomic mass is 9.94. The molecule has 0 saturated carbocycles. The molecule has 2 N–H and O–H groups in total. The quantitative estimate of drug-likeness (QED) is 0.828. The van der Waals surface area contributed by atoms with Gasteiger partial charge < -0.3 is 5.73 Å². The van der Waals surface area contributed by atoms with Gasteiger partial charge in [0.2, 0.25) is 0 Å². The van der Waals surface area contributed by atoms with Crippen LogP contribution < -0.4 is 5.73 Å². The SMILES string of the molecule is NC(c1ccccc1C(F)(F)F)c1c(F)cc(F)cc1F. The molecule has 112 valence electrons. The molecule has 0 radical (unpaired) electrons. The Bertz CT molecular complexity index is 642. The molecule has 0 aliphatic rings. The predicted octanol–water partition coefficient (Wildman–Crippen LogP) is 4.17. The molecule has 21 heavy (non-hydrogen) atoms. The molecule has 2 rings (SSSR count). The molecule has 1 atom stereocenters. The van der Waals surface area contributed by atoms with E-state index in [0.717, 1.165) is 18.2 Å². The van der Waals surface area contributed by atoms with Crippen molar-refractivity contribution in [3.8, 4) is 0 Å². The van der Waals surface area contributed by atoms with E-state index < -0.39 is 46.4 Å². The minimum Gasteiger partial charge on any atom is -0.320 e. The highest BCUT2D eigenvalue weighted by atomic mass is 19.4. The summed E-state index contributed by atoms with van der Waals surface area (Å²) in [6.45, 7) is 0. The molecule has 0 bridgehead atoms. The average Bonchev–Trinajstić information content (AvgIpc) is 2.36. The number of hydrogen-bond acceptors (Lipinski definition) is 1. The zero-order valence-corrected chi connectivity index (χ0v) is 10.4. The van der Waals surface area contributed by atoms with Crippen LogP contribution in [0.1, 0.15) is 22.7 Å². The van der Waals surface area contributed by atoms with Gasteiger partial charge in [0.25, 0.3) is 0 Å². The summed E-state index contributed by atoms with van der Waals surface area (Å²) in [7, 11) is 0. The fourth-order valence-electron chi connectivity index (χ4n) is 2.03. The van der Waals surface area contributed by atoms with Crippen molar-refractivity contribution in [2.24, 2.45) is 5.73 Å². The van der Waals surface area contributed by atoms with Gasteiger partial charge in [-0.05, 0) is 11.6 Å². The van der Waals surface area contributed by atoms with Crippen LogP contribution in [0.5, 0.6) is 0 Å². The normalized spacial score (nSPS) is 13.3. The molecule has 0 heterocycles. The molecule has 0 aliphatic carbocycles. The molecular formula is C14H9F6N. The topological polar surface area (TPSA) is 26.0 Å². The van der Waals surface area contributed by atoms with E-state index in [0.29, 0.717) is 12.1 Å². The van der Waals surface area contributed by atoms with Crippen LogP contribution in [0.25, 0.3) is 0 Å². The van der Waals surface area contributed by atoms with Gasteiger partial charge in [-0.25, -0.2) is 13.2 Å². The molecule has 0 fully saturated rings. The van der Waals surface area contributed by atoms with Crippen LogP contribution in [0.4, 0.5) is 26.3 Å². The Hall–Kier alpha value is -2.02. The van der Waals surface area contributed by atoms with Crippen molar-refractivity contribution in [1.82, 2.24) is 0 Å². The van der Waals surface area contributed by atoms with Crippen LogP contribution in [-0.4, -0.2) is 0 Å². The molecule has 1 nitrogen and oxygen atoms in total. The fourth-order valence-corrected chi connectivity index (χ4v) is 2.03. The van der Waals surface area contributed by atoms with Gasteiger partial charge in [0.1, 0.15) is 17.5 Å². The van der Waals surface area contributed by atoms with Gasteiger partial charge in [0.15, 0.2) is 0 Å². The Kier molecular flexibility index (Phi) is 3.95. The van der Waals surface area contributed by atoms with Gasteiger partial charge in [-0.1, -0.05) is 18.2 Å². The van der Waals surface area contributed by atoms with Crippen molar-refractivity contribution < 1.29 is 26.3 Å². The highest BCUT2D eigenvalue weighted by molar-refractivity contribution is 5.39. The number of alkyl halides is 3. The van der Waals surface area contributed by atoms with E-state index in [1.807, 2.05) is 0 Å². The standard InChI is InChI=1S/C14H9F6N/c15-7-5-10(16)12(11(17)6-7)13(21)8-3-1-2-4-9(8)14(18,19)20/h1-6,13H,21H2. The van der Waals surface area contributed by atoms with Crippen LogP contribution in [0, 0.1) is 17.5 Å². The lowest BCUT2D eigenvalue weighted by Crippen LogP contribution is -2.20. The molecule has 0 spiro atoms. The zero-order valence-electron chi connectivity index (χ0n) is 10.4. The molecular weight excluding hydrogens is 296 g/mol. The van der Waals surface area contributed by atoms with Crippen LogP contribution >= 0.6 is 0 Å². The summed E-state index contributed by atoms with van der Waals surface area (Å²) in [6, 6.07) is 3.22. The maximum Gasteiger partial charge on any atom is 0.416 e. The average molecular weight is 305 g/mol. The first-order valence-corrected chi connectivity index (χ1v) is 5.78. The Morgan fingerprint density at radius 2 is 1.43 bits per heavy atom. The second-order valence-electron chi connectivity index (χ2n) is 4.35. The molecule has 0 aliphatic heterocycles. The summed E-state index contributed by atoms with van der Waals surface area (Å²) in [4.78, 5) is 0.